The molecule has 0 N–H and O–H groups in total. The molecule has 6 nitrogen and oxygen atoms in total. The molecule has 0 saturated carbocycles. The van der Waals surface area contributed by atoms with Gasteiger partial charge in [0.1, 0.15) is 10.6 Å². The number of carbonyl (C=O) groups is 1. The van der Waals surface area contributed by atoms with E-state index in [2.05, 4.69) is 26.1 Å². The summed E-state index contributed by atoms with van der Waals surface area (Å²) in [7, 11) is 0. The molecule has 0 saturated heterocycles. The zero-order valence-electron chi connectivity index (χ0n) is 15.6. The molecule has 1 atom stereocenters. The highest BCUT2D eigenvalue weighted by molar-refractivity contribution is 9.10. The highest BCUT2D eigenvalue weighted by atomic mass is 79.9. The van der Waals surface area contributed by atoms with Crippen molar-refractivity contribution in [3.8, 4) is 0 Å². The van der Waals surface area contributed by atoms with Crippen LogP contribution >= 0.6 is 38.9 Å². The summed E-state index contributed by atoms with van der Waals surface area (Å²) in [5.74, 6) is -0.381. The van der Waals surface area contributed by atoms with Gasteiger partial charge in [-0.2, -0.15) is 0 Å². The summed E-state index contributed by atoms with van der Waals surface area (Å²) in [5.41, 5.74) is 1.14. The second kappa shape index (κ2) is 7.30. The van der Waals surface area contributed by atoms with Crippen molar-refractivity contribution in [3.05, 3.63) is 84.1 Å². The fraction of sp³-hybridized carbons (Fsp3) is 0.143. The van der Waals surface area contributed by atoms with Gasteiger partial charge in [0, 0.05) is 9.50 Å². The minimum Gasteiger partial charge on any atom is -0.450 e. The van der Waals surface area contributed by atoms with Crippen LogP contribution < -0.4 is 10.3 Å². The first-order valence-electron chi connectivity index (χ1n) is 9.15. The Morgan fingerprint density at radius 2 is 1.93 bits per heavy atom. The number of hydrogen-bond donors (Lipinski definition) is 0. The number of aromatic nitrogens is 2. The minimum absolute atomic E-state index is 0.0306. The lowest BCUT2D eigenvalue weighted by Crippen LogP contribution is -2.29. The smallest absolute Gasteiger partial charge is 0.297 e. The molecule has 150 valence electrons. The molecule has 2 aromatic carbocycles. The van der Waals surface area contributed by atoms with Crippen LogP contribution in [0.2, 0.25) is 5.02 Å². The number of halogens is 2. The second-order valence-corrected chi connectivity index (χ2v) is 9.17. The molecular weight excluding hydrogens is 490 g/mol. The second-order valence-electron chi connectivity index (χ2n) is 6.78. The topological polar surface area (TPSA) is 76.3 Å². The number of fused-ring (bicyclic) bond motifs is 2. The molecule has 3 heterocycles. The van der Waals surface area contributed by atoms with Crippen molar-refractivity contribution in [1.82, 2.24) is 10.2 Å². The van der Waals surface area contributed by atoms with E-state index < -0.39 is 11.9 Å². The number of hydrogen-bond acceptors (Lipinski definition) is 6. The molecular formula is C21H13BrClN3O3S. The summed E-state index contributed by atoms with van der Waals surface area (Å²) in [6.45, 7) is 1.97. The molecule has 0 spiro atoms. The Balaban J connectivity index is 1.80. The first-order valence-corrected chi connectivity index (χ1v) is 11.1. The highest BCUT2D eigenvalue weighted by Gasteiger charge is 2.45. The third-order valence-electron chi connectivity index (χ3n) is 4.98. The van der Waals surface area contributed by atoms with Gasteiger partial charge in [0.25, 0.3) is 5.91 Å². The van der Waals surface area contributed by atoms with Crippen molar-refractivity contribution < 1.29 is 9.21 Å². The van der Waals surface area contributed by atoms with Gasteiger partial charge in [-0.1, -0.05) is 57.9 Å². The Morgan fingerprint density at radius 3 is 2.63 bits per heavy atom. The minimum atomic E-state index is -0.679. The van der Waals surface area contributed by atoms with E-state index in [0.29, 0.717) is 33.1 Å². The van der Waals surface area contributed by atoms with Crippen LogP contribution in [-0.4, -0.2) is 16.1 Å². The van der Waals surface area contributed by atoms with Crippen LogP contribution in [0.5, 0.6) is 0 Å². The standard InChI is InChI=1S/C21H13BrClN3O3S/c1-2-15-24-25-21(30-15)26-17(10-3-6-12(23)7-4-10)16-18(27)13-9-11(22)5-8-14(13)29-19(16)20(26)28/h3-9,17H,2H2,1H3/t17-/m0/s1. The van der Waals surface area contributed by atoms with Crippen LogP contribution in [0.1, 0.15) is 39.7 Å². The van der Waals surface area contributed by atoms with Gasteiger partial charge in [0.2, 0.25) is 10.9 Å². The molecule has 2 aromatic heterocycles. The van der Waals surface area contributed by atoms with Crippen molar-refractivity contribution in [2.45, 2.75) is 19.4 Å². The van der Waals surface area contributed by atoms with Gasteiger partial charge in [-0.25, -0.2) is 0 Å². The van der Waals surface area contributed by atoms with E-state index in [4.69, 9.17) is 16.0 Å². The molecule has 1 amide bonds. The van der Waals surface area contributed by atoms with Gasteiger partial charge in [0.15, 0.2) is 5.43 Å². The molecule has 5 rings (SSSR count). The van der Waals surface area contributed by atoms with Crippen molar-refractivity contribution in [3.63, 3.8) is 0 Å². The fourth-order valence-corrected chi connectivity index (χ4v) is 4.88. The van der Waals surface area contributed by atoms with Crippen molar-refractivity contribution in [2.75, 3.05) is 4.90 Å². The monoisotopic (exact) mass is 501 g/mol. The predicted molar refractivity (Wildman–Crippen MR) is 120 cm³/mol. The van der Waals surface area contributed by atoms with E-state index in [-0.39, 0.29) is 11.2 Å². The zero-order chi connectivity index (χ0) is 21.0. The lowest BCUT2D eigenvalue weighted by molar-refractivity contribution is 0.0970. The van der Waals surface area contributed by atoms with Crippen LogP contribution in [0, 0.1) is 0 Å². The molecule has 0 radical (unpaired) electrons. The van der Waals surface area contributed by atoms with Gasteiger partial charge < -0.3 is 4.42 Å². The lowest BCUT2D eigenvalue weighted by atomic mass is 9.99. The molecule has 1 aliphatic heterocycles. The average molecular weight is 503 g/mol. The van der Waals surface area contributed by atoms with Crippen LogP contribution in [0.25, 0.3) is 11.0 Å². The van der Waals surface area contributed by atoms with Crippen molar-refractivity contribution >= 4 is 60.9 Å². The van der Waals surface area contributed by atoms with E-state index in [0.717, 1.165) is 15.0 Å². The van der Waals surface area contributed by atoms with Crippen molar-refractivity contribution in [1.29, 1.82) is 0 Å². The summed E-state index contributed by atoms with van der Waals surface area (Å²) in [5, 5.41) is 10.5. The largest absolute Gasteiger partial charge is 0.450 e. The molecule has 0 aliphatic carbocycles. The number of benzene rings is 2. The van der Waals surface area contributed by atoms with Gasteiger partial charge >= 0.3 is 0 Å². The maximum Gasteiger partial charge on any atom is 0.297 e. The highest BCUT2D eigenvalue weighted by Crippen LogP contribution is 2.42. The molecule has 1 aliphatic rings. The van der Waals surface area contributed by atoms with Crippen LogP contribution in [-0.2, 0) is 6.42 Å². The number of anilines is 1. The van der Waals surface area contributed by atoms with E-state index >= 15 is 0 Å². The van der Waals surface area contributed by atoms with Crippen LogP contribution in [0.4, 0.5) is 5.13 Å². The van der Waals surface area contributed by atoms with Crippen molar-refractivity contribution in [2.24, 2.45) is 0 Å². The van der Waals surface area contributed by atoms with Crippen LogP contribution in [0.15, 0.2) is 56.1 Å². The third kappa shape index (κ3) is 2.98. The Morgan fingerprint density at radius 1 is 1.17 bits per heavy atom. The number of nitrogens with zero attached hydrogens (tertiary/aromatic N) is 3. The Bertz CT molecular complexity index is 1370. The molecule has 4 aromatic rings. The molecule has 0 bridgehead atoms. The first kappa shape index (κ1) is 19.4. The Hall–Kier alpha value is -2.55. The Labute approximate surface area is 188 Å². The Kier molecular flexibility index (Phi) is 4.72. The molecule has 0 fully saturated rings. The maximum atomic E-state index is 13.5. The van der Waals surface area contributed by atoms with Gasteiger partial charge in [-0.3, -0.25) is 14.5 Å². The molecule has 9 heteroatoms. The number of aryl methyl sites for hydroxylation is 1. The van der Waals surface area contributed by atoms with E-state index in [9.17, 15) is 9.59 Å². The van der Waals surface area contributed by atoms with Crippen LogP contribution in [0.3, 0.4) is 0 Å². The first-order chi connectivity index (χ1) is 14.5. The van der Waals surface area contributed by atoms with E-state index in [1.54, 1.807) is 42.5 Å². The number of amides is 1. The lowest BCUT2D eigenvalue weighted by Gasteiger charge is -2.22. The quantitative estimate of drug-likeness (QED) is 0.376. The number of carbonyl (C=O) groups excluding carboxylic acids is 1. The average Bonchev–Trinajstić information content (AvgIpc) is 3.32. The predicted octanol–water partition coefficient (Wildman–Crippen LogP) is 5.37. The van der Waals surface area contributed by atoms with Gasteiger partial charge in [-0.15, -0.1) is 10.2 Å². The summed E-state index contributed by atoms with van der Waals surface area (Å²) in [6, 6.07) is 11.5. The molecule has 30 heavy (non-hydrogen) atoms. The summed E-state index contributed by atoms with van der Waals surface area (Å²) < 4.78 is 6.68. The summed E-state index contributed by atoms with van der Waals surface area (Å²) in [4.78, 5) is 28.4. The summed E-state index contributed by atoms with van der Waals surface area (Å²) in [6.07, 6.45) is 0.702. The third-order valence-corrected chi connectivity index (χ3v) is 6.79. The maximum absolute atomic E-state index is 13.5. The van der Waals surface area contributed by atoms with E-state index in [1.165, 1.54) is 16.2 Å². The zero-order valence-corrected chi connectivity index (χ0v) is 18.7. The fourth-order valence-electron chi connectivity index (χ4n) is 3.59. The van der Waals surface area contributed by atoms with Gasteiger partial charge in [-0.05, 0) is 42.3 Å². The normalized spacial score (nSPS) is 15.8. The number of rotatable bonds is 3. The summed E-state index contributed by atoms with van der Waals surface area (Å²) >= 11 is 10.8. The van der Waals surface area contributed by atoms with Gasteiger partial charge in [0.05, 0.1) is 17.0 Å². The SMILES string of the molecule is CCc1nnc(N2C(=O)c3oc4ccc(Br)cc4c(=O)c3[C@@H]2c2ccc(Cl)cc2)s1. The van der Waals surface area contributed by atoms with E-state index in [1.807, 2.05) is 6.92 Å². The molecule has 0 unspecified atom stereocenters.